The number of hydrogen-bond donors (Lipinski definition) is 1. The molecule has 4 saturated carbocycles. The monoisotopic (exact) mass is 239 g/mol. The van der Waals surface area contributed by atoms with Crippen LogP contribution in [-0.2, 0) is 0 Å². The lowest BCUT2D eigenvalue weighted by Gasteiger charge is -2.62. The van der Waals surface area contributed by atoms with Gasteiger partial charge in [0.1, 0.15) is 0 Å². The molecule has 4 fully saturated rings. The molecule has 2 atom stereocenters. The third kappa shape index (κ3) is 1.73. The van der Waals surface area contributed by atoms with Gasteiger partial charge in [-0.25, -0.2) is 0 Å². The van der Waals surface area contributed by atoms with Gasteiger partial charge in [0, 0.05) is 10.3 Å². The van der Waals surface area contributed by atoms with Crippen molar-refractivity contribution in [3.8, 4) is 0 Å². The summed E-state index contributed by atoms with van der Waals surface area (Å²) in [6.45, 7) is 4.74. The zero-order valence-corrected chi connectivity index (χ0v) is 11.7. The Morgan fingerprint density at radius 2 is 1.75 bits per heavy atom. The first-order chi connectivity index (χ1) is 7.55. The lowest BCUT2D eigenvalue weighted by atomic mass is 9.52. The largest absolute Gasteiger partial charge is 0.314 e. The Bertz CT molecular complexity index is 267. The topological polar surface area (TPSA) is 12.0 Å². The van der Waals surface area contributed by atoms with Crippen LogP contribution in [0.3, 0.4) is 0 Å². The van der Waals surface area contributed by atoms with E-state index in [1.807, 2.05) is 0 Å². The van der Waals surface area contributed by atoms with E-state index in [9.17, 15) is 0 Å². The lowest BCUT2D eigenvalue weighted by Crippen LogP contribution is -2.62. The van der Waals surface area contributed by atoms with Crippen molar-refractivity contribution in [3.63, 3.8) is 0 Å². The average molecular weight is 239 g/mol. The predicted molar refractivity (Wildman–Crippen MR) is 71.9 cm³/mol. The first kappa shape index (κ1) is 11.4. The van der Waals surface area contributed by atoms with E-state index >= 15 is 0 Å². The maximum Gasteiger partial charge on any atom is 0.0197 e. The predicted octanol–water partition coefficient (Wildman–Crippen LogP) is 3.44. The molecule has 4 bridgehead atoms. The van der Waals surface area contributed by atoms with Crippen molar-refractivity contribution in [2.75, 3.05) is 7.05 Å². The molecule has 4 rings (SSSR count). The van der Waals surface area contributed by atoms with Gasteiger partial charge in [-0.1, -0.05) is 13.8 Å². The van der Waals surface area contributed by atoms with Gasteiger partial charge in [0.25, 0.3) is 0 Å². The van der Waals surface area contributed by atoms with Crippen LogP contribution in [-0.4, -0.2) is 22.6 Å². The van der Waals surface area contributed by atoms with Crippen LogP contribution in [0.5, 0.6) is 0 Å². The Hall–Kier alpha value is 0.310. The molecular weight excluding hydrogens is 214 g/mol. The SMILES string of the molecule is CNC12CC3CC(C1)CC(SC(C)C)(C3)C2. The third-order valence-corrected chi connectivity index (χ3v) is 6.47. The van der Waals surface area contributed by atoms with Crippen molar-refractivity contribution in [2.24, 2.45) is 11.8 Å². The minimum atomic E-state index is 0.520. The molecule has 0 aromatic carbocycles. The van der Waals surface area contributed by atoms with Crippen LogP contribution in [0.2, 0.25) is 0 Å². The lowest BCUT2D eigenvalue weighted by molar-refractivity contribution is 0.000390. The van der Waals surface area contributed by atoms with Crippen LogP contribution in [0, 0.1) is 11.8 Å². The molecule has 0 saturated heterocycles. The first-order valence-electron chi connectivity index (χ1n) is 6.92. The Kier molecular flexibility index (Phi) is 2.60. The maximum atomic E-state index is 3.69. The summed E-state index contributed by atoms with van der Waals surface area (Å²) in [5.74, 6) is 2.06. The van der Waals surface area contributed by atoms with Crippen LogP contribution < -0.4 is 5.32 Å². The smallest absolute Gasteiger partial charge is 0.0197 e. The van der Waals surface area contributed by atoms with Gasteiger partial charge in [0.2, 0.25) is 0 Å². The zero-order valence-electron chi connectivity index (χ0n) is 10.9. The fourth-order valence-electron chi connectivity index (χ4n) is 5.11. The normalized spacial score (nSPS) is 50.2. The summed E-state index contributed by atoms with van der Waals surface area (Å²) < 4.78 is 0.640. The summed E-state index contributed by atoms with van der Waals surface area (Å²) in [4.78, 5) is 0. The van der Waals surface area contributed by atoms with Crippen molar-refractivity contribution < 1.29 is 0 Å². The van der Waals surface area contributed by atoms with Crippen molar-refractivity contribution in [2.45, 2.75) is 67.9 Å². The number of rotatable bonds is 3. The molecule has 0 amide bonds. The fourth-order valence-corrected chi connectivity index (χ4v) is 7.13. The van der Waals surface area contributed by atoms with Crippen LogP contribution in [0.4, 0.5) is 0 Å². The van der Waals surface area contributed by atoms with E-state index in [0.717, 1.165) is 17.1 Å². The van der Waals surface area contributed by atoms with E-state index in [1.54, 1.807) is 0 Å². The van der Waals surface area contributed by atoms with Crippen molar-refractivity contribution in [3.05, 3.63) is 0 Å². The van der Waals surface area contributed by atoms with E-state index in [4.69, 9.17) is 0 Å². The molecule has 0 spiro atoms. The molecule has 1 nitrogen and oxygen atoms in total. The Balaban J connectivity index is 1.86. The van der Waals surface area contributed by atoms with Gasteiger partial charge >= 0.3 is 0 Å². The van der Waals surface area contributed by atoms with E-state index in [1.165, 1.54) is 38.5 Å². The van der Waals surface area contributed by atoms with E-state index in [2.05, 4.69) is 38.0 Å². The molecular formula is C14H25NS. The second-order valence-electron chi connectivity index (χ2n) is 6.84. The molecule has 0 aromatic rings. The molecule has 16 heavy (non-hydrogen) atoms. The summed E-state index contributed by atoms with van der Waals surface area (Å²) in [7, 11) is 2.20. The molecule has 2 unspecified atom stereocenters. The molecule has 92 valence electrons. The third-order valence-electron chi connectivity index (χ3n) is 5.02. The van der Waals surface area contributed by atoms with Gasteiger partial charge in [-0.3, -0.25) is 0 Å². The van der Waals surface area contributed by atoms with Crippen molar-refractivity contribution in [1.82, 2.24) is 5.32 Å². The highest BCUT2D eigenvalue weighted by atomic mass is 32.2. The van der Waals surface area contributed by atoms with Gasteiger partial charge in [0.15, 0.2) is 0 Å². The molecule has 4 aliphatic rings. The van der Waals surface area contributed by atoms with Crippen LogP contribution in [0.25, 0.3) is 0 Å². The molecule has 1 N–H and O–H groups in total. The molecule has 0 heterocycles. The molecule has 2 heteroatoms. The Labute approximate surface area is 104 Å². The summed E-state index contributed by atoms with van der Waals surface area (Å²) in [5, 5.41) is 4.49. The number of thioether (sulfide) groups is 1. The van der Waals surface area contributed by atoms with Gasteiger partial charge in [-0.05, 0) is 62.7 Å². The zero-order chi connectivity index (χ0) is 11.4. The Morgan fingerprint density at radius 1 is 1.12 bits per heavy atom. The minimum absolute atomic E-state index is 0.520. The summed E-state index contributed by atoms with van der Waals surface area (Å²) in [5.41, 5.74) is 0.520. The molecule has 0 radical (unpaired) electrons. The fraction of sp³-hybridized carbons (Fsp3) is 1.00. The van der Waals surface area contributed by atoms with Crippen LogP contribution in [0.1, 0.15) is 52.4 Å². The summed E-state index contributed by atoms with van der Waals surface area (Å²) >= 11 is 2.29. The van der Waals surface area contributed by atoms with E-state index < -0.39 is 0 Å². The van der Waals surface area contributed by atoms with Crippen LogP contribution >= 0.6 is 11.8 Å². The van der Waals surface area contributed by atoms with Gasteiger partial charge < -0.3 is 5.32 Å². The summed E-state index contributed by atoms with van der Waals surface area (Å²) in [6.07, 6.45) is 8.91. The molecule has 0 aromatic heterocycles. The second kappa shape index (κ2) is 3.65. The number of nitrogens with one attached hydrogen (secondary N) is 1. The summed E-state index contributed by atoms with van der Waals surface area (Å²) in [6, 6.07) is 0. The Morgan fingerprint density at radius 3 is 2.25 bits per heavy atom. The highest BCUT2D eigenvalue weighted by molar-refractivity contribution is 8.01. The second-order valence-corrected chi connectivity index (χ2v) is 8.89. The average Bonchev–Trinajstić information content (AvgIpc) is 2.13. The number of hydrogen-bond acceptors (Lipinski definition) is 2. The van der Waals surface area contributed by atoms with Gasteiger partial charge in [-0.2, -0.15) is 11.8 Å². The molecule has 0 aliphatic heterocycles. The first-order valence-corrected chi connectivity index (χ1v) is 7.79. The van der Waals surface area contributed by atoms with E-state index in [0.29, 0.717) is 10.3 Å². The highest BCUT2D eigenvalue weighted by Gasteiger charge is 2.57. The van der Waals surface area contributed by atoms with E-state index in [-0.39, 0.29) is 0 Å². The maximum absolute atomic E-state index is 3.69. The highest BCUT2D eigenvalue weighted by Crippen LogP contribution is 2.62. The van der Waals surface area contributed by atoms with Crippen LogP contribution in [0.15, 0.2) is 0 Å². The standard InChI is InChI=1S/C14H25NS/c1-10(2)16-14-7-11-4-12(8-14)6-13(5-11,9-14)15-3/h10-12,15H,4-9H2,1-3H3. The quantitative estimate of drug-likeness (QED) is 0.809. The van der Waals surface area contributed by atoms with Crippen molar-refractivity contribution in [1.29, 1.82) is 0 Å². The van der Waals surface area contributed by atoms with Gasteiger partial charge in [0.05, 0.1) is 0 Å². The minimum Gasteiger partial charge on any atom is -0.314 e. The van der Waals surface area contributed by atoms with Gasteiger partial charge in [-0.15, -0.1) is 0 Å². The van der Waals surface area contributed by atoms with Crippen molar-refractivity contribution >= 4 is 11.8 Å². The molecule has 4 aliphatic carbocycles.